The van der Waals surface area contributed by atoms with Gasteiger partial charge in [0.1, 0.15) is 5.82 Å². The first-order valence-electron chi connectivity index (χ1n) is 8.06. The number of halogens is 4. The zero-order valence-corrected chi connectivity index (χ0v) is 14.9. The number of alkyl halides is 3. The lowest BCUT2D eigenvalue weighted by molar-refractivity contribution is -0.137. The predicted molar refractivity (Wildman–Crippen MR) is 94.5 cm³/mol. The molecule has 1 aliphatic rings. The summed E-state index contributed by atoms with van der Waals surface area (Å²) >= 11 is 5.61. The highest BCUT2D eigenvalue weighted by Crippen LogP contribution is 2.38. The summed E-state index contributed by atoms with van der Waals surface area (Å²) in [5.74, 6) is -1.14. The molecule has 0 bridgehead atoms. The van der Waals surface area contributed by atoms with E-state index in [4.69, 9.17) is 11.6 Å². The number of aryl methyl sites for hydroxylation is 1. The van der Waals surface area contributed by atoms with E-state index in [-0.39, 0.29) is 18.7 Å². The minimum absolute atomic E-state index is 0.0184. The largest absolute Gasteiger partial charge is 0.417 e. The molecule has 1 N–H and O–H groups in total. The van der Waals surface area contributed by atoms with Crippen molar-refractivity contribution < 1.29 is 22.8 Å². The van der Waals surface area contributed by atoms with Crippen LogP contribution in [0.15, 0.2) is 36.5 Å². The third-order valence-electron chi connectivity index (χ3n) is 4.31. The molecule has 0 spiro atoms. The van der Waals surface area contributed by atoms with Crippen LogP contribution in [0.2, 0.25) is 5.02 Å². The number of anilines is 2. The molecule has 1 atom stereocenters. The molecule has 2 amide bonds. The van der Waals surface area contributed by atoms with Crippen LogP contribution in [-0.4, -0.2) is 23.3 Å². The number of nitrogens with zero attached hydrogens (tertiary/aromatic N) is 2. The van der Waals surface area contributed by atoms with Gasteiger partial charge in [0.2, 0.25) is 11.8 Å². The molecule has 5 nitrogen and oxygen atoms in total. The minimum atomic E-state index is -4.64. The number of benzene rings is 1. The van der Waals surface area contributed by atoms with E-state index in [0.717, 1.165) is 17.7 Å². The molecule has 0 aliphatic carbocycles. The van der Waals surface area contributed by atoms with Crippen molar-refractivity contribution in [1.82, 2.24) is 4.98 Å². The Morgan fingerprint density at radius 2 is 2.07 bits per heavy atom. The molecule has 1 fully saturated rings. The van der Waals surface area contributed by atoms with E-state index in [1.807, 2.05) is 0 Å². The Hall–Kier alpha value is -2.61. The minimum Gasteiger partial charge on any atom is -0.312 e. The average Bonchev–Trinajstić information content (AvgIpc) is 2.98. The van der Waals surface area contributed by atoms with Crippen LogP contribution < -0.4 is 10.2 Å². The number of carbonyl (C=O) groups excluding carboxylic acids is 2. The van der Waals surface area contributed by atoms with E-state index in [0.29, 0.717) is 5.82 Å². The Kier molecular flexibility index (Phi) is 5.10. The molecule has 142 valence electrons. The molecular formula is C18H15ClF3N3O2. The molecule has 27 heavy (non-hydrogen) atoms. The number of aromatic nitrogens is 1. The number of hydrogen-bond donors (Lipinski definition) is 1. The van der Waals surface area contributed by atoms with Crippen LogP contribution in [0, 0.1) is 12.8 Å². The summed E-state index contributed by atoms with van der Waals surface area (Å²) in [7, 11) is 0. The van der Waals surface area contributed by atoms with Crippen molar-refractivity contribution in [2.45, 2.75) is 19.5 Å². The quantitative estimate of drug-likeness (QED) is 0.849. The zero-order chi connectivity index (χ0) is 19.8. The third kappa shape index (κ3) is 4.05. The van der Waals surface area contributed by atoms with Crippen molar-refractivity contribution in [2.24, 2.45) is 5.92 Å². The van der Waals surface area contributed by atoms with Gasteiger partial charge in [0.25, 0.3) is 0 Å². The monoisotopic (exact) mass is 397 g/mol. The summed E-state index contributed by atoms with van der Waals surface area (Å²) < 4.78 is 39.1. The molecule has 1 aliphatic heterocycles. The fraction of sp³-hybridized carbons (Fsp3) is 0.278. The first kappa shape index (κ1) is 19.2. The van der Waals surface area contributed by atoms with Gasteiger partial charge in [-0.1, -0.05) is 17.7 Å². The number of nitrogens with one attached hydrogen (secondary N) is 1. The van der Waals surface area contributed by atoms with Crippen molar-refractivity contribution in [3.63, 3.8) is 0 Å². The smallest absolute Gasteiger partial charge is 0.312 e. The van der Waals surface area contributed by atoms with Crippen molar-refractivity contribution in [3.8, 4) is 0 Å². The van der Waals surface area contributed by atoms with Gasteiger partial charge in [0, 0.05) is 24.8 Å². The highest BCUT2D eigenvalue weighted by atomic mass is 35.5. The summed E-state index contributed by atoms with van der Waals surface area (Å²) in [5.41, 5.74) is -0.202. The Morgan fingerprint density at radius 3 is 2.74 bits per heavy atom. The third-order valence-corrected chi connectivity index (χ3v) is 4.64. The van der Waals surface area contributed by atoms with Crippen molar-refractivity contribution >= 4 is 34.9 Å². The number of hydrogen-bond acceptors (Lipinski definition) is 3. The fourth-order valence-corrected chi connectivity index (χ4v) is 3.09. The lowest BCUT2D eigenvalue weighted by Crippen LogP contribution is -2.28. The number of carbonyl (C=O) groups is 2. The van der Waals surface area contributed by atoms with Crippen molar-refractivity contribution in [3.05, 3.63) is 52.7 Å². The summed E-state index contributed by atoms with van der Waals surface area (Å²) in [4.78, 5) is 29.9. The first-order valence-corrected chi connectivity index (χ1v) is 8.44. The van der Waals surface area contributed by atoms with Crippen LogP contribution >= 0.6 is 11.6 Å². The summed E-state index contributed by atoms with van der Waals surface area (Å²) in [5, 5.41) is 2.21. The van der Waals surface area contributed by atoms with Gasteiger partial charge >= 0.3 is 6.18 Å². The predicted octanol–water partition coefficient (Wildman–Crippen LogP) is 4.05. The summed E-state index contributed by atoms with van der Waals surface area (Å²) in [6, 6.07) is 6.76. The van der Waals surface area contributed by atoms with Gasteiger partial charge in [0.05, 0.1) is 16.5 Å². The van der Waals surface area contributed by atoms with E-state index in [1.54, 1.807) is 19.1 Å². The molecule has 2 aromatic rings. The molecule has 1 saturated heterocycles. The van der Waals surface area contributed by atoms with Gasteiger partial charge in [-0.3, -0.25) is 9.59 Å². The number of pyridine rings is 1. The first-order chi connectivity index (χ1) is 12.7. The molecule has 0 saturated carbocycles. The van der Waals surface area contributed by atoms with Crippen LogP contribution in [-0.2, 0) is 15.8 Å². The molecule has 0 radical (unpaired) electrons. The number of amides is 2. The Labute approximate surface area is 158 Å². The summed E-state index contributed by atoms with van der Waals surface area (Å²) in [6.07, 6.45) is -3.20. The normalized spacial score (nSPS) is 17.3. The second-order valence-corrected chi connectivity index (χ2v) is 6.63. The lowest BCUT2D eigenvalue weighted by atomic mass is 10.1. The van der Waals surface area contributed by atoms with E-state index in [9.17, 15) is 22.8 Å². The Morgan fingerprint density at radius 1 is 1.33 bits per heavy atom. The Bertz CT molecular complexity index is 902. The molecule has 1 aromatic heterocycles. The highest BCUT2D eigenvalue weighted by Gasteiger charge is 2.38. The topological polar surface area (TPSA) is 62.3 Å². The Balaban J connectivity index is 1.78. The molecule has 2 heterocycles. The van der Waals surface area contributed by atoms with Crippen LogP contribution in [0.3, 0.4) is 0 Å². The maximum Gasteiger partial charge on any atom is 0.417 e. The average molecular weight is 398 g/mol. The van der Waals surface area contributed by atoms with Gasteiger partial charge in [0.15, 0.2) is 0 Å². The lowest BCUT2D eigenvalue weighted by Gasteiger charge is -2.19. The molecule has 3 rings (SSSR count). The number of rotatable bonds is 3. The van der Waals surface area contributed by atoms with E-state index >= 15 is 0 Å². The van der Waals surface area contributed by atoms with Crippen LogP contribution in [0.4, 0.5) is 24.7 Å². The van der Waals surface area contributed by atoms with Crippen molar-refractivity contribution in [1.29, 1.82) is 0 Å². The zero-order valence-electron chi connectivity index (χ0n) is 14.2. The van der Waals surface area contributed by atoms with Crippen molar-refractivity contribution in [2.75, 3.05) is 16.8 Å². The highest BCUT2D eigenvalue weighted by molar-refractivity contribution is 6.31. The van der Waals surface area contributed by atoms with Gasteiger partial charge in [-0.15, -0.1) is 0 Å². The molecule has 0 unspecified atom stereocenters. The maximum absolute atomic E-state index is 13.0. The van der Waals surface area contributed by atoms with E-state index in [2.05, 4.69) is 10.3 Å². The van der Waals surface area contributed by atoms with Gasteiger partial charge in [-0.05, 0) is 36.8 Å². The maximum atomic E-state index is 13.0. The van der Waals surface area contributed by atoms with E-state index in [1.165, 1.54) is 17.2 Å². The van der Waals surface area contributed by atoms with Crippen LogP contribution in [0.25, 0.3) is 0 Å². The fourth-order valence-electron chi connectivity index (χ4n) is 2.87. The molecule has 9 heteroatoms. The van der Waals surface area contributed by atoms with Crippen LogP contribution in [0.1, 0.15) is 17.5 Å². The molecule has 1 aromatic carbocycles. The second kappa shape index (κ2) is 7.19. The molecular weight excluding hydrogens is 383 g/mol. The second-order valence-electron chi connectivity index (χ2n) is 6.23. The SMILES string of the molecule is Cc1cccnc1NC(=O)[C@H]1CC(=O)N(c2ccc(Cl)c(C(F)(F)F)c2)C1. The standard InChI is InChI=1S/C18H15ClF3N3O2/c1-10-3-2-6-23-16(10)24-17(27)11-7-15(26)25(9-11)12-4-5-14(19)13(8-12)18(20,21)22/h2-6,8,11H,7,9H2,1H3,(H,23,24,27)/t11-/m0/s1. The van der Waals surface area contributed by atoms with E-state index < -0.39 is 34.5 Å². The summed E-state index contributed by atoms with van der Waals surface area (Å²) in [6.45, 7) is 1.76. The van der Waals surface area contributed by atoms with Gasteiger partial charge < -0.3 is 10.2 Å². The van der Waals surface area contributed by atoms with Gasteiger partial charge in [-0.2, -0.15) is 13.2 Å². The van der Waals surface area contributed by atoms with Crippen LogP contribution in [0.5, 0.6) is 0 Å². The van der Waals surface area contributed by atoms with Gasteiger partial charge in [-0.25, -0.2) is 4.98 Å².